The third-order valence-electron chi connectivity index (χ3n) is 7.13. The molecule has 0 radical (unpaired) electrons. The fraction of sp³-hybridized carbons (Fsp3) is 0.229. The number of carbonyl (C=O) groups is 1. The Morgan fingerprint density at radius 2 is 1.16 bits per heavy atom. The van der Waals surface area contributed by atoms with Gasteiger partial charge in [-0.2, -0.15) is 21.0 Å². The maximum Gasteiger partial charge on any atom is 0.171 e. The van der Waals surface area contributed by atoms with Gasteiger partial charge in [-0.05, 0) is 36.1 Å². The Balaban J connectivity index is 2.58. The Kier molecular flexibility index (Phi) is 11.8. The number of allylic oxidation sites excluding steroid dienone is 2. The Bertz CT molecular complexity index is 1850. The van der Waals surface area contributed by atoms with Crippen LogP contribution in [0.25, 0.3) is 16.7 Å². The van der Waals surface area contributed by atoms with Crippen LogP contribution in [0.15, 0.2) is 54.1 Å². The molecule has 0 spiro atoms. The van der Waals surface area contributed by atoms with Gasteiger partial charge in [0.05, 0.1) is 10.4 Å². The minimum absolute atomic E-state index is 0.0104. The van der Waals surface area contributed by atoms with Crippen molar-refractivity contribution in [3.63, 3.8) is 0 Å². The molecular formula is C35H27F4N5O. The van der Waals surface area contributed by atoms with Gasteiger partial charge >= 0.3 is 0 Å². The van der Waals surface area contributed by atoms with Crippen LogP contribution >= 0.6 is 0 Å². The molecule has 3 rings (SSSR count). The predicted molar refractivity (Wildman–Crippen MR) is 161 cm³/mol. The van der Waals surface area contributed by atoms with Gasteiger partial charge in [0.15, 0.2) is 23.3 Å². The number of nitriles is 4. The summed E-state index contributed by atoms with van der Waals surface area (Å²) in [6.07, 6.45) is 4.25. The molecular weight excluding hydrogens is 582 g/mol. The van der Waals surface area contributed by atoms with Crippen LogP contribution in [-0.4, -0.2) is 19.4 Å². The molecule has 0 aliphatic heterocycles. The fourth-order valence-electron chi connectivity index (χ4n) is 4.81. The minimum atomic E-state index is -1.99. The van der Waals surface area contributed by atoms with Crippen molar-refractivity contribution in [3.05, 3.63) is 105 Å². The summed E-state index contributed by atoms with van der Waals surface area (Å²) >= 11 is 0. The number of carbonyl (C=O) groups excluding carboxylic acids is 1. The van der Waals surface area contributed by atoms with Crippen molar-refractivity contribution in [3.8, 4) is 24.3 Å². The monoisotopic (exact) mass is 609 g/mol. The van der Waals surface area contributed by atoms with E-state index in [-0.39, 0.29) is 22.3 Å². The lowest BCUT2D eigenvalue weighted by Crippen LogP contribution is -2.32. The van der Waals surface area contributed by atoms with Crippen molar-refractivity contribution in [1.29, 1.82) is 21.0 Å². The van der Waals surface area contributed by atoms with Crippen molar-refractivity contribution in [2.75, 3.05) is 18.0 Å². The lowest BCUT2D eigenvalue weighted by molar-refractivity contribution is 0.112. The molecule has 3 aromatic carbocycles. The zero-order valence-electron chi connectivity index (χ0n) is 24.6. The highest BCUT2D eigenvalue weighted by Crippen LogP contribution is 2.34. The Labute approximate surface area is 258 Å². The van der Waals surface area contributed by atoms with Gasteiger partial charge in [-0.1, -0.05) is 63.1 Å². The average molecular weight is 610 g/mol. The van der Waals surface area contributed by atoms with Gasteiger partial charge in [0.1, 0.15) is 41.7 Å². The van der Waals surface area contributed by atoms with E-state index in [4.69, 9.17) is 10.5 Å². The number of halogens is 4. The molecule has 6 nitrogen and oxygen atoms in total. The zero-order valence-corrected chi connectivity index (χ0v) is 24.6. The van der Waals surface area contributed by atoms with E-state index in [9.17, 15) is 15.3 Å². The minimum Gasteiger partial charge on any atom is -0.372 e. The zero-order chi connectivity index (χ0) is 33.1. The average Bonchev–Trinajstić information content (AvgIpc) is 3.07. The van der Waals surface area contributed by atoms with Crippen molar-refractivity contribution in [1.82, 2.24) is 0 Å². The van der Waals surface area contributed by atoms with Gasteiger partial charge in [0.2, 0.25) is 0 Å². The molecule has 0 atom stereocenters. The highest BCUT2D eigenvalue weighted by atomic mass is 19.2. The molecule has 0 aliphatic carbocycles. The van der Waals surface area contributed by atoms with Crippen LogP contribution in [0.1, 0.15) is 61.0 Å². The second-order valence-electron chi connectivity index (χ2n) is 9.93. The molecule has 0 saturated heterocycles. The summed E-state index contributed by atoms with van der Waals surface area (Å²) in [5, 5.41) is 35.4. The topological polar surface area (TPSA) is 115 Å². The van der Waals surface area contributed by atoms with E-state index in [1.54, 1.807) is 24.3 Å². The molecule has 226 valence electrons. The van der Waals surface area contributed by atoms with E-state index in [0.29, 0.717) is 6.29 Å². The largest absolute Gasteiger partial charge is 0.372 e. The van der Waals surface area contributed by atoms with Gasteiger partial charge in [0.25, 0.3) is 0 Å². The summed E-state index contributed by atoms with van der Waals surface area (Å²) < 4.78 is 62.8. The van der Waals surface area contributed by atoms with Crippen LogP contribution in [0.4, 0.5) is 23.2 Å². The normalized spacial score (nSPS) is 10.1. The van der Waals surface area contributed by atoms with E-state index in [1.165, 1.54) is 48.5 Å². The smallest absolute Gasteiger partial charge is 0.171 e. The van der Waals surface area contributed by atoms with E-state index in [1.807, 2.05) is 0 Å². The summed E-state index contributed by atoms with van der Waals surface area (Å²) in [6, 6.07) is 17.4. The van der Waals surface area contributed by atoms with Crippen LogP contribution < -0.4 is 15.3 Å². The number of aldehydes is 1. The molecule has 0 bridgehead atoms. The SMILES string of the molecule is CCCCN(CCCC)c1ccc(C(C(=C(C#N)C#N)c2ccc(C=O)cc2)=c2c(F)c(F)c(=C(C#N)C#N)c(F)c2F)cc1. The summed E-state index contributed by atoms with van der Waals surface area (Å²) in [5.74, 6) is -7.86. The predicted octanol–water partition coefficient (Wildman–Crippen LogP) is 6.36. The van der Waals surface area contributed by atoms with Crippen LogP contribution in [0.3, 0.4) is 0 Å². The standard InChI is InChI=1S/C35H27F4N5O/c1-3-5-15-44(16-6-4-2)27-13-11-24(12-14-27)29(28(25(17-40)18-41)23-9-7-22(21-45)8-10-23)31-34(38)32(36)30(26(19-42)20-43)33(37)35(31)39/h7-14,21H,3-6,15-16H2,1-2H3. The van der Waals surface area contributed by atoms with Crippen molar-refractivity contribution >= 4 is 28.7 Å². The fourth-order valence-corrected chi connectivity index (χ4v) is 4.81. The maximum absolute atomic E-state index is 15.9. The molecule has 0 aliphatic rings. The molecule has 0 heterocycles. The number of benzene rings is 3. The summed E-state index contributed by atoms with van der Waals surface area (Å²) in [4.78, 5) is 13.4. The van der Waals surface area contributed by atoms with E-state index in [0.717, 1.165) is 44.5 Å². The highest BCUT2D eigenvalue weighted by molar-refractivity contribution is 6.08. The second kappa shape index (κ2) is 15.7. The first-order valence-corrected chi connectivity index (χ1v) is 14.1. The third kappa shape index (κ3) is 7.10. The van der Waals surface area contributed by atoms with E-state index < -0.39 is 50.4 Å². The van der Waals surface area contributed by atoms with Gasteiger partial charge in [0, 0.05) is 35.5 Å². The first kappa shape index (κ1) is 33.8. The van der Waals surface area contributed by atoms with Gasteiger partial charge in [-0.25, -0.2) is 17.6 Å². The maximum atomic E-state index is 15.9. The number of nitrogens with zero attached hydrogens (tertiary/aromatic N) is 5. The molecule has 0 aromatic heterocycles. The lowest BCUT2D eigenvalue weighted by atomic mass is 9.86. The first-order valence-electron chi connectivity index (χ1n) is 14.1. The number of rotatable bonds is 11. The number of unbranched alkanes of at least 4 members (excludes halogenated alkanes) is 2. The Morgan fingerprint density at radius 3 is 1.58 bits per heavy atom. The summed E-state index contributed by atoms with van der Waals surface area (Å²) in [7, 11) is 0. The van der Waals surface area contributed by atoms with E-state index in [2.05, 4.69) is 18.7 Å². The molecule has 45 heavy (non-hydrogen) atoms. The van der Waals surface area contributed by atoms with Crippen LogP contribution in [0.2, 0.25) is 0 Å². The van der Waals surface area contributed by atoms with Crippen molar-refractivity contribution < 1.29 is 22.4 Å². The lowest BCUT2D eigenvalue weighted by Gasteiger charge is -2.25. The van der Waals surface area contributed by atoms with Gasteiger partial charge in [-0.15, -0.1) is 0 Å². The Morgan fingerprint density at radius 1 is 0.689 bits per heavy atom. The molecule has 0 fully saturated rings. The molecule has 0 amide bonds. The molecule has 0 saturated carbocycles. The molecule has 10 heteroatoms. The number of hydrogen-bond acceptors (Lipinski definition) is 6. The second-order valence-corrected chi connectivity index (χ2v) is 9.93. The van der Waals surface area contributed by atoms with Gasteiger partial charge in [-0.3, -0.25) is 4.79 Å². The third-order valence-corrected chi connectivity index (χ3v) is 7.13. The summed E-state index contributed by atoms with van der Waals surface area (Å²) in [5.41, 5.74) is -1.65. The van der Waals surface area contributed by atoms with Crippen LogP contribution in [-0.2, 0) is 0 Å². The Hall–Kier alpha value is -5.71. The number of hydrogen-bond donors (Lipinski definition) is 0. The molecule has 3 aromatic rings. The van der Waals surface area contributed by atoms with Crippen LogP contribution in [0.5, 0.6) is 0 Å². The van der Waals surface area contributed by atoms with Crippen molar-refractivity contribution in [2.45, 2.75) is 39.5 Å². The van der Waals surface area contributed by atoms with Gasteiger partial charge < -0.3 is 4.90 Å². The quantitative estimate of drug-likeness (QED) is 0.108. The first-order chi connectivity index (χ1) is 21.7. The van der Waals surface area contributed by atoms with Crippen molar-refractivity contribution in [2.24, 2.45) is 0 Å². The number of anilines is 1. The highest BCUT2D eigenvalue weighted by Gasteiger charge is 2.27. The molecule has 0 unspecified atom stereocenters. The van der Waals surface area contributed by atoms with Crippen LogP contribution in [0, 0.1) is 68.6 Å². The van der Waals surface area contributed by atoms with E-state index >= 15 is 17.6 Å². The summed E-state index contributed by atoms with van der Waals surface area (Å²) in [6.45, 7) is 5.59. The molecule has 0 N–H and O–H groups in total.